The van der Waals surface area contributed by atoms with Gasteiger partial charge in [-0.15, -0.1) is 11.3 Å². The second-order valence-electron chi connectivity index (χ2n) is 4.44. The number of amides is 2. The van der Waals surface area contributed by atoms with Crippen LogP contribution in [0.4, 0.5) is 0 Å². The lowest BCUT2D eigenvalue weighted by Crippen LogP contribution is -2.33. The second-order valence-corrected chi connectivity index (χ2v) is 5.48. The minimum absolute atomic E-state index is 0.00771. The highest BCUT2D eigenvalue weighted by Gasteiger charge is 2.17. The van der Waals surface area contributed by atoms with Crippen molar-refractivity contribution in [3.05, 3.63) is 22.4 Å². The first kappa shape index (κ1) is 13.1. The molecular formula is C13H18N2O2S. The average molecular weight is 266 g/mol. The smallest absolute Gasteiger partial charge is 0.225 e. The molecular weight excluding hydrogens is 248 g/mol. The molecule has 0 bridgehead atoms. The zero-order chi connectivity index (χ0) is 12.8. The minimum Gasteiger partial charge on any atom is -0.355 e. The molecule has 0 saturated carbocycles. The SMILES string of the molecule is O=C(Cc1cccs1)NCCC(=O)N1CCCC1. The van der Waals surface area contributed by atoms with Crippen LogP contribution in [-0.2, 0) is 16.0 Å². The van der Waals surface area contributed by atoms with Gasteiger partial charge in [0.2, 0.25) is 11.8 Å². The number of thiophene rings is 1. The molecule has 18 heavy (non-hydrogen) atoms. The van der Waals surface area contributed by atoms with Gasteiger partial charge in [-0.3, -0.25) is 9.59 Å². The summed E-state index contributed by atoms with van der Waals surface area (Å²) in [6, 6.07) is 3.88. The lowest BCUT2D eigenvalue weighted by molar-refractivity contribution is -0.130. The zero-order valence-corrected chi connectivity index (χ0v) is 11.2. The van der Waals surface area contributed by atoms with Crippen molar-refractivity contribution in [2.45, 2.75) is 25.7 Å². The van der Waals surface area contributed by atoms with Crippen LogP contribution in [0.1, 0.15) is 24.1 Å². The van der Waals surface area contributed by atoms with Gasteiger partial charge in [0.25, 0.3) is 0 Å². The van der Waals surface area contributed by atoms with Gasteiger partial charge in [0.1, 0.15) is 0 Å². The molecule has 1 aromatic heterocycles. The Balaban J connectivity index is 1.62. The fourth-order valence-corrected chi connectivity index (χ4v) is 2.77. The normalized spacial score (nSPS) is 14.8. The summed E-state index contributed by atoms with van der Waals surface area (Å²) >= 11 is 1.58. The molecule has 1 aliphatic heterocycles. The van der Waals surface area contributed by atoms with Gasteiger partial charge in [0.05, 0.1) is 6.42 Å². The Morgan fingerprint density at radius 1 is 1.33 bits per heavy atom. The summed E-state index contributed by atoms with van der Waals surface area (Å²) in [6.07, 6.45) is 3.04. The Morgan fingerprint density at radius 2 is 2.11 bits per heavy atom. The topological polar surface area (TPSA) is 49.4 Å². The van der Waals surface area contributed by atoms with Crippen LogP contribution in [-0.4, -0.2) is 36.3 Å². The predicted octanol–water partition coefficient (Wildman–Crippen LogP) is 1.42. The quantitative estimate of drug-likeness (QED) is 0.876. The summed E-state index contributed by atoms with van der Waals surface area (Å²) in [5, 5.41) is 4.75. The maximum absolute atomic E-state index is 11.7. The van der Waals surface area contributed by atoms with Gasteiger partial charge in [0.15, 0.2) is 0 Å². The number of rotatable bonds is 5. The average Bonchev–Trinajstić information content (AvgIpc) is 3.00. The number of hydrogen-bond acceptors (Lipinski definition) is 3. The Morgan fingerprint density at radius 3 is 2.78 bits per heavy atom. The summed E-state index contributed by atoms with van der Waals surface area (Å²) < 4.78 is 0. The molecule has 1 aromatic rings. The van der Waals surface area contributed by atoms with Gasteiger partial charge in [-0.25, -0.2) is 0 Å². The first-order valence-corrected chi connectivity index (χ1v) is 7.20. The van der Waals surface area contributed by atoms with Crippen molar-refractivity contribution >= 4 is 23.2 Å². The Kier molecular flexibility index (Phi) is 4.75. The molecule has 0 aliphatic carbocycles. The number of carbonyl (C=O) groups excluding carboxylic acids is 2. The van der Waals surface area contributed by atoms with Crippen molar-refractivity contribution in [2.75, 3.05) is 19.6 Å². The third kappa shape index (κ3) is 3.84. The van der Waals surface area contributed by atoms with E-state index in [1.54, 1.807) is 11.3 Å². The van der Waals surface area contributed by atoms with Crippen molar-refractivity contribution in [1.82, 2.24) is 10.2 Å². The summed E-state index contributed by atoms with van der Waals surface area (Å²) in [4.78, 5) is 26.2. The lowest BCUT2D eigenvalue weighted by atomic mass is 10.3. The van der Waals surface area contributed by atoms with E-state index in [4.69, 9.17) is 0 Å². The Bertz CT molecular complexity index is 397. The first-order chi connectivity index (χ1) is 8.75. The number of nitrogens with zero attached hydrogens (tertiary/aromatic N) is 1. The van der Waals surface area contributed by atoms with Crippen molar-refractivity contribution < 1.29 is 9.59 Å². The van der Waals surface area contributed by atoms with Crippen molar-refractivity contribution in [3.63, 3.8) is 0 Å². The molecule has 5 heteroatoms. The van der Waals surface area contributed by atoms with E-state index in [0.29, 0.717) is 19.4 Å². The van der Waals surface area contributed by atoms with Crippen LogP contribution in [0.3, 0.4) is 0 Å². The highest BCUT2D eigenvalue weighted by atomic mass is 32.1. The molecule has 1 saturated heterocycles. The van der Waals surface area contributed by atoms with E-state index in [9.17, 15) is 9.59 Å². The van der Waals surface area contributed by atoms with E-state index < -0.39 is 0 Å². The lowest BCUT2D eigenvalue weighted by Gasteiger charge is -2.15. The first-order valence-electron chi connectivity index (χ1n) is 6.32. The fraction of sp³-hybridized carbons (Fsp3) is 0.538. The van der Waals surface area contributed by atoms with Crippen molar-refractivity contribution in [1.29, 1.82) is 0 Å². The molecule has 1 N–H and O–H groups in total. The van der Waals surface area contributed by atoms with Crippen LogP contribution in [0, 0.1) is 0 Å². The van der Waals surface area contributed by atoms with Crippen molar-refractivity contribution in [3.8, 4) is 0 Å². The van der Waals surface area contributed by atoms with Crippen LogP contribution in [0.5, 0.6) is 0 Å². The van der Waals surface area contributed by atoms with E-state index in [1.807, 2.05) is 22.4 Å². The van der Waals surface area contributed by atoms with Crippen LogP contribution >= 0.6 is 11.3 Å². The second kappa shape index (κ2) is 6.54. The Hall–Kier alpha value is -1.36. The van der Waals surface area contributed by atoms with Gasteiger partial charge in [0, 0.05) is 30.9 Å². The maximum atomic E-state index is 11.7. The highest BCUT2D eigenvalue weighted by molar-refractivity contribution is 7.10. The van der Waals surface area contributed by atoms with Gasteiger partial charge < -0.3 is 10.2 Å². The van der Waals surface area contributed by atoms with E-state index in [0.717, 1.165) is 30.8 Å². The third-order valence-corrected chi connectivity index (χ3v) is 3.91. The zero-order valence-electron chi connectivity index (χ0n) is 10.4. The fourth-order valence-electron chi connectivity index (χ4n) is 2.07. The molecule has 0 unspecified atom stereocenters. The van der Waals surface area contributed by atoms with Crippen LogP contribution in [0.2, 0.25) is 0 Å². The molecule has 0 aromatic carbocycles. The van der Waals surface area contributed by atoms with E-state index >= 15 is 0 Å². The molecule has 0 radical (unpaired) electrons. The van der Waals surface area contributed by atoms with Crippen LogP contribution in [0.15, 0.2) is 17.5 Å². The van der Waals surface area contributed by atoms with Gasteiger partial charge in [-0.1, -0.05) is 6.07 Å². The number of nitrogens with one attached hydrogen (secondary N) is 1. The Labute approximate surface area is 111 Å². The molecule has 98 valence electrons. The molecule has 4 nitrogen and oxygen atoms in total. The minimum atomic E-state index is -0.00771. The van der Waals surface area contributed by atoms with Gasteiger partial charge in [-0.2, -0.15) is 0 Å². The molecule has 2 heterocycles. The largest absolute Gasteiger partial charge is 0.355 e. The standard InChI is InChI=1S/C13H18N2O2S/c16-12(10-11-4-3-9-18-11)14-6-5-13(17)15-7-1-2-8-15/h3-4,9H,1-2,5-8,10H2,(H,14,16). The van der Waals surface area contributed by atoms with E-state index in [-0.39, 0.29) is 11.8 Å². The van der Waals surface area contributed by atoms with E-state index in [2.05, 4.69) is 5.32 Å². The molecule has 2 rings (SSSR count). The number of hydrogen-bond donors (Lipinski definition) is 1. The number of likely N-dealkylation sites (tertiary alicyclic amines) is 1. The molecule has 0 spiro atoms. The summed E-state index contributed by atoms with van der Waals surface area (Å²) in [5.41, 5.74) is 0. The summed E-state index contributed by atoms with van der Waals surface area (Å²) in [7, 11) is 0. The van der Waals surface area contributed by atoms with Crippen LogP contribution < -0.4 is 5.32 Å². The monoisotopic (exact) mass is 266 g/mol. The van der Waals surface area contributed by atoms with Crippen molar-refractivity contribution in [2.24, 2.45) is 0 Å². The predicted molar refractivity (Wildman–Crippen MR) is 71.5 cm³/mol. The molecule has 2 amide bonds. The summed E-state index contributed by atoms with van der Waals surface area (Å²) in [6.45, 7) is 2.20. The highest BCUT2D eigenvalue weighted by Crippen LogP contribution is 2.09. The molecule has 1 fully saturated rings. The van der Waals surface area contributed by atoms with Crippen LogP contribution in [0.25, 0.3) is 0 Å². The maximum Gasteiger partial charge on any atom is 0.225 e. The van der Waals surface area contributed by atoms with E-state index in [1.165, 1.54) is 0 Å². The van der Waals surface area contributed by atoms with Gasteiger partial charge >= 0.3 is 0 Å². The van der Waals surface area contributed by atoms with Gasteiger partial charge in [-0.05, 0) is 24.3 Å². The molecule has 0 atom stereocenters. The number of carbonyl (C=O) groups is 2. The third-order valence-electron chi connectivity index (χ3n) is 3.03. The molecule has 1 aliphatic rings. The summed E-state index contributed by atoms with van der Waals surface area (Å²) in [5.74, 6) is 0.149.